The molecule has 0 radical (unpaired) electrons. The van der Waals surface area contributed by atoms with E-state index >= 15 is 0 Å². The van der Waals surface area contributed by atoms with Gasteiger partial charge in [0.2, 0.25) is 0 Å². The fourth-order valence-electron chi connectivity index (χ4n) is 5.08. The highest BCUT2D eigenvalue weighted by Crippen LogP contribution is 2.57. The quantitative estimate of drug-likeness (QED) is 0.655. The number of rotatable bonds is 2. The molecule has 0 amide bonds. The van der Waals surface area contributed by atoms with Crippen LogP contribution in [0.15, 0.2) is 12.2 Å². The first-order valence-corrected chi connectivity index (χ1v) is 7.75. The third kappa shape index (κ3) is 1.69. The molecule has 0 heterocycles. The summed E-state index contributed by atoms with van der Waals surface area (Å²) < 4.78 is 6.43. The van der Waals surface area contributed by atoms with Gasteiger partial charge >= 0.3 is 0 Å². The Labute approximate surface area is 105 Å². The normalized spacial score (nSPS) is 48.8. The minimum Gasteiger partial charge on any atom is -0.371 e. The fraction of sp³-hybridized carbons (Fsp3) is 0.875. The lowest BCUT2D eigenvalue weighted by Crippen LogP contribution is -2.32. The Morgan fingerprint density at radius 2 is 1.65 bits per heavy atom. The topological polar surface area (TPSA) is 9.23 Å². The van der Waals surface area contributed by atoms with Crippen molar-refractivity contribution in [3.63, 3.8) is 0 Å². The summed E-state index contributed by atoms with van der Waals surface area (Å²) in [5.74, 6) is 3.77. The molecule has 0 aromatic rings. The van der Waals surface area contributed by atoms with E-state index in [9.17, 15) is 0 Å². The van der Waals surface area contributed by atoms with E-state index in [4.69, 9.17) is 4.74 Å². The van der Waals surface area contributed by atoms with E-state index in [0.717, 1.165) is 23.7 Å². The molecule has 0 aromatic heterocycles. The van der Waals surface area contributed by atoms with Crippen LogP contribution in [0.1, 0.15) is 51.4 Å². The fourth-order valence-corrected chi connectivity index (χ4v) is 5.08. The number of fused-ring (bicyclic) bond motifs is 5. The molecule has 4 aliphatic rings. The van der Waals surface area contributed by atoms with Crippen molar-refractivity contribution in [3.8, 4) is 0 Å². The summed E-state index contributed by atoms with van der Waals surface area (Å²) in [6, 6.07) is 0. The first-order chi connectivity index (χ1) is 8.42. The third-order valence-corrected chi connectivity index (χ3v) is 5.85. The van der Waals surface area contributed by atoms with Crippen molar-refractivity contribution in [2.45, 2.75) is 63.6 Å². The van der Waals surface area contributed by atoms with Crippen molar-refractivity contribution >= 4 is 0 Å². The van der Waals surface area contributed by atoms with Crippen LogP contribution in [-0.4, -0.2) is 12.2 Å². The maximum atomic E-state index is 6.43. The van der Waals surface area contributed by atoms with E-state index in [2.05, 4.69) is 12.2 Å². The molecular weight excluding hydrogens is 208 g/mol. The maximum Gasteiger partial charge on any atom is 0.0796 e. The Balaban J connectivity index is 1.43. The van der Waals surface area contributed by atoms with Gasteiger partial charge in [0, 0.05) is 0 Å². The number of hydrogen-bond donors (Lipinski definition) is 0. The summed E-state index contributed by atoms with van der Waals surface area (Å²) in [6.45, 7) is 0. The Bertz CT molecular complexity index is 315. The first kappa shape index (κ1) is 10.6. The van der Waals surface area contributed by atoms with Crippen molar-refractivity contribution in [1.29, 1.82) is 0 Å². The van der Waals surface area contributed by atoms with Gasteiger partial charge in [0.15, 0.2) is 0 Å². The molecular formula is C16H24O. The van der Waals surface area contributed by atoms with E-state index in [-0.39, 0.29) is 0 Å². The maximum absolute atomic E-state index is 6.43. The number of allylic oxidation sites excluding steroid dienone is 1. The molecule has 0 aromatic carbocycles. The van der Waals surface area contributed by atoms with Crippen molar-refractivity contribution in [2.75, 3.05) is 0 Å². The zero-order valence-corrected chi connectivity index (χ0v) is 10.7. The van der Waals surface area contributed by atoms with Crippen molar-refractivity contribution in [3.05, 3.63) is 12.2 Å². The summed E-state index contributed by atoms with van der Waals surface area (Å²) in [6.07, 6.45) is 17.3. The van der Waals surface area contributed by atoms with Gasteiger partial charge in [-0.2, -0.15) is 0 Å². The molecule has 4 aliphatic carbocycles. The highest BCUT2D eigenvalue weighted by atomic mass is 16.5. The molecule has 0 N–H and O–H groups in total. The highest BCUT2D eigenvalue weighted by Gasteiger charge is 2.51. The lowest BCUT2D eigenvalue weighted by atomic mass is 9.80. The van der Waals surface area contributed by atoms with Gasteiger partial charge in [-0.05, 0) is 55.8 Å². The SMILES string of the molecule is C1=C[C@@H](OC2CCCCC2)C2C1[C@H]1CC[C@@H]2C1. The van der Waals surface area contributed by atoms with Gasteiger partial charge in [0.25, 0.3) is 0 Å². The predicted octanol–water partition coefficient (Wildman–Crippen LogP) is 3.94. The molecule has 0 saturated heterocycles. The van der Waals surface area contributed by atoms with Gasteiger partial charge < -0.3 is 4.74 Å². The molecule has 5 atom stereocenters. The Kier molecular flexibility index (Phi) is 2.57. The second-order valence-corrected chi connectivity index (χ2v) is 6.73. The van der Waals surface area contributed by atoms with Crippen molar-refractivity contribution in [1.82, 2.24) is 0 Å². The molecule has 3 fully saturated rings. The molecule has 1 nitrogen and oxygen atoms in total. The van der Waals surface area contributed by atoms with E-state index in [1.54, 1.807) is 0 Å². The van der Waals surface area contributed by atoms with Gasteiger partial charge in [-0.25, -0.2) is 0 Å². The summed E-state index contributed by atoms with van der Waals surface area (Å²) in [5.41, 5.74) is 0. The average molecular weight is 232 g/mol. The molecule has 2 unspecified atom stereocenters. The molecule has 1 heteroatoms. The Morgan fingerprint density at radius 3 is 2.53 bits per heavy atom. The van der Waals surface area contributed by atoms with Crippen LogP contribution in [-0.2, 0) is 4.74 Å². The third-order valence-electron chi connectivity index (χ3n) is 5.85. The Hall–Kier alpha value is -0.300. The van der Waals surface area contributed by atoms with Crippen LogP contribution in [0.25, 0.3) is 0 Å². The van der Waals surface area contributed by atoms with Gasteiger partial charge in [-0.15, -0.1) is 0 Å². The lowest BCUT2D eigenvalue weighted by Gasteiger charge is -2.32. The van der Waals surface area contributed by atoms with Crippen LogP contribution in [0.2, 0.25) is 0 Å². The lowest BCUT2D eigenvalue weighted by molar-refractivity contribution is -0.0445. The smallest absolute Gasteiger partial charge is 0.0796 e. The average Bonchev–Trinajstić information content (AvgIpc) is 3.03. The summed E-state index contributed by atoms with van der Waals surface area (Å²) in [4.78, 5) is 0. The molecule has 17 heavy (non-hydrogen) atoms. The van der Waals surface area contributed by atoms with Crippen molar-refractivity contribution in [2.24, 2.45) is 23.7 Å². The molecule has 0 aliphatic heterocycles. The predicted molar refractivity (Wildman–Crippen MR) is 68.7 cm³/mol. The summed E-state index contributed by atoms with van der Waals surface area (Å²) >= 11 is 0. The molecule has 4 rings (SSSR count). The second-order valence-electron chi connectivity index (χ2n) is 6.73. The monoisotopic (exact) mass is 232 g/mol. The zero-order valence-electron chi connectivity index (χ0n) is 10.7. The first-order valence-electron chi connectivity index (χ1n) is 7.75. The van der Waals surface area contributed by atoms with Crippen molar-refractivity contribution < 1.29 is 4.74 Å². The Morgan fingerprint density at radius 1 is 0.824 bits per heavy atom. The van der Waals surface area contributed by atoms with E-state index in [0.29, 0.717) is 12.2 Å². The molecule has 3 saturated carbocycles. The van der Waals surface area contributed by atoms with Gasteiger partial charge in [-0.1, -0.05) is 31.4 Å². The summed E-state index contributed by atoms with van der Waals surface area (Å²) in [5, 5.41) is 0. The van der Waals surface area contributed by atoms with Crippen LogP contribution >= 0.6 is 0 Å². The van der Waals surface area contributed by atoms with E-state index in [1.807, 2.05) is 0 Å². The summed E-state index contributed by atoms with van der Waals surface area (Å²) in [7, 11) is 0. The molecule has 94 valence electrons. The van der Waals surface area contributed by atoms with Gasteiger partial charge in [0.05, 0.1) is 12.2 Å². The molecule has 0 spiro atoms. The van der Waals surface area contributed by atoms with Crippen LogP contribution < -0.4 is 0 Å². The minimum atomic E-state index is 0.485. The molecule has 2 bridgehead atoms. The zero-order chi connectivity index (χ0) is 11.2. The van der Waals surface area contributed by atoms with Crippen LogP contribution in [0.4, 0.5) is 0 Å². The van der Waals surface area contributed by atoms with Crippen LogP contribution in [0.3, 0.4) is 0 Å². The minimum absolute atomic E-state index is 0.485. The largest absolute Gasteiger partial charge is 0.371 e. The second kappa shape index (κ2) is 4.12. The standard InChI is InChI=1S/C16H24O/c1-2-4-13(5-3-1)17-15-9-8-14-11-6-7-12(10-11)16(14)15/h8-9,11-16H,1-7,10H2/t11-,12+,14?,15+,16?/m0/s1. The van der Waals surface area contributed by atoms with Gasteiger partial charge in [0.1, 0.15) is 0 Å². The number of hydrogen-bond acceptors (Lipinski definition) is 1. The van der Waals surface area contributed by atoms with Crippen LogP contribution in [0.5, 0.6) is 0 Å². The van der Waals surface area contributed by atoms with E-state index in [1.165, 1.54) is 51.4 Å². The highest BCUT2D eigenvalue weighted by molar-refractivity contribution is 5.17. The number of ether oxygens (including phenoxy) is 1. The van der Waals surface area contributed by atoms with Gasteiger partial charge in [-0.3, -0.25) is 0 Å². The van der Waals surface area contributed by atoms with Crippen LogP contribution in [0, 0.1) is 23.7 Å². The van der Waals surface area contributed by atoms with E-state index < -0.39 is 0 Å².